The Hall–Kier alpha value is -0.170. The van der Waals surface area contributed by atoms with Crippen molar-refractivity contribution >= 4 is 0 Å². The molecule has 0 nitrogen and oxygen atoms in total. The van der Waals surface area contributed by atoms with Crippen molar-refractivity contribution in [2.45, 2.75) is 12.8 Å². The predicted molar refractivity (Wildman–Crippen MR) is 45.8 cm³/mol. The maximum absolute atomic E-state index is 2.12. The van der Waals surface area contributed by atoms with E-state index < -0.39 is 0 Å². The van der Waals surface area contributed by atoms with E-state index in [1.54, 1.807) is 0 Å². The Balaban J connectivity index is 0.000000167. The molecule has 0 aliphatic heterocycles. The number of rotatable bonds is 0. The van der Waals surface area contributed by atoms with Gasteiger partial charge in [0.1, 0.15) is 0 Å². The minimum Gasteiger partial charge on any atom is -0.0808 e. The van der Waals surface area contributed by atoms with Crippen LogP contribution in [-0.4, -0.2) is 0 Å². The number of hydrogen-bond donors (Lipinski definition) is 0. The largest absolute Gasteiger partial charge is 0.0808 e. The first kappa shape index (κ1) is 10.8. The van der Waals surface area contributed by atoms with Crippen LogP contribution < -0.4 is 0 Å². The summed E-state index contributed by atoms with van der Waals surface area (Å²) in [5.74, 6) is 0. The third-order valence-electron chi connectivity index (χ3n) is 1.31. The van der Waals surface area contributed by atoms with Gasteiger partial charge >= 0.3 is 0 Å². The molecular weight excluding hydrogens is 299 g/mol. The summed E-state index contributed by atoms with van der Waals surface area (Å²) in [7, 11) is 0. The van der Waals surface area contributed by atoms with Gasteiger partial charge in [0.25, 0.3) is 0 Å². The van der Waals surface area contributed by atoms with Crippen molar-refractivity contribution in [3.8, 4) is 0 Å². The van der Waals surface area contributed by atoms with Gasteiger partial charge in [-0.15, -0.1) is 0 Å². The molecule has 0 unspecified atom stereocenters. The zero-order chi connectivity index (χ0) is 7.07. The van der Waals surface area contributed by atoms with Crippen molar-refractivity contribution in [1.82, 2.24) is 0 Å². The van der Waals surface area contributed by atoms with Crippen LogP contribution in [0.3, 0.4) is 0 Å². The van der Waals surface area contributed by atoms with Gasteiger partial charge in [0.15, 0.2) is 0 Å². The molecule has 0 saturated heterocycles. The SMILES string of the molecule is C1=CCC=C1.C1=CCC=C1.[Hf]. The van der Waals surface area contributed by atoms with Gasteiger partial charge < -0.3 is 0 Å². The molecule has 56 valence electrons. The fraction of sp³-hybridized carbons (Fsp3) is 0.200. The molecule has 0 radical (unpaired) electrons. The summed E-state index contributed by atoms with van der Waals surface area (Å²) in [6.07, 6.45) is 19.0. The second kappa shape index (κ2) is 7.93. The second-order valence-corrected chi connectivity index (χ2v) is 2.18. The molecule has 0 aromatic carbocycles. The fourth-order valence-electron chi connectivity index (χ4n) is 0.786. The Morgan fingerprint density at radius 3 is 0.909 bits per heavy atom. The average molecular weight is 311 g/mol. The van der Waals surface area contributed by atoms with Gasteiger partial charge in [0.2, 0.25) is 0 Å². The van der Waals surface area contributed by atoms with Crippen LogP contribution in [0.5, 0.6) is 0 Å². The van der Waals surface area contributed by atoms with Crippen molar-refractivity contribution in [3.05, 3.63) is 48.6 Å². The number of hydrogen-bond acceptors (Lipinski definition) is 0. The predicted octanol–water partition coefficient (Wildman–Crippen LogP) is 3.00. The van der Waals surface area contributed by atoms with Gasteiger partial charge in [-0.3, -0.25) is 0 Å². The van der Waals surface area contributed by atoms with E-state index in [-0.39, 0.29) is 25.8 Å². The molecule has 2 aliphatic rings. The van der Waals surface area contributed by atoms with E-state index >= 15 is 0 Å². The smallest absolute Gasteiger partial charge is 0 e. The van der Waals surface area contributed by atoms with Crippen LogP contribution in [0, 0.1) is 0 Å². The van der Waals surface area contributed by atoms with Crippen LogP contribution in [-0.2, 0) is 25.8 Å². The molecule has 0 N–H and O–H groups in total. The van der Waals surface area contributed by atoms with E-state index in [2.05, 4.69) is 48.6 Å². The van der Waals surface area contributed by atoms with Crippen molar-refractivity contribution < 1.29 is 25.8 Å². The Kier molecular flexibility index (Phi) is 7.81. The van der Waals surface area contributed by atoms with Crippen LogP contribution in [0.4, 0.5) is 0 Å². The molecule has 0 spiro atoms. The van der Waals surface area contributed by atoms with Crippen LogP contribution in [0.25, 0.3) is 0 Å². The molecule has 2 aliphatic carbocycles. The molecule has 0 heterocycles. The summed E-state index contributed by atoms with van der Waals surface area (Å²) >= 11 is 0. The molecule has 2 rings (SSSR count). The van der Waals surface area contributed by atoms with E-state index in [1.165, 1.54) is 0 Å². The van der Waals surface area contributed by atoms with Gasteiger partial charge in [-0.05, 0) is 12.8 Å². The zero-order valence-electron chi connectivity index (χ0n) is 6.53. The van der Waals surface area contributed by atoms with Crippen molar-refractivity contribution in [3.63, 3.8) is 0 Å². The zero-order valence-corrected chi connectivity index (χ0v) is 10.1. The minimum atomic E-state index is 0. The van der Waals surface area contributed by atoms with E-state index in [9.17, 15) is 0 Å². The van der Waals surface area contributed by atoms with Gasteiger partial charge in [-0.2, -0.15) is 0 Å². The Morgan fingerprint density at radius 1 is 0.545 bits per heavy atom. The monoisotopic (exact) mass is 312 g/mol. The molecule has 0 bridgehead atoms. The molecule has 0 saturated carbocycles. The molecule has 0 atom stereocenters. The topological polar surface area (TPSA) is 0 Å². The second-order valence-electron chi connectivity index (χ2n) is 2.18. The molecule has 1 heteroatoms. The van der Waals surface area contributed by atoms with Crippen LogP contribution in [0.2, 0.25) is 0 Å². The van der Waals surface area contributed by atoms with Crippen LogP contribution >= 0.6 is 0 Å². The molecule has 0 amide bonds. The average Bonchev–Trinajstić information content (AvgIpc) is 2.67. The van der Waals surface area contributed by atoms with Crippen molar-refractivity contribution in [2.75, 3.05) is 0 Å². The third kappa shape index (κ3) is 6.24. The van der Waals surface area contributed by atoms with E-state index in [1.807, 2.05) is 0 Å². The molecule has 11 heavy (non-hydrogen) atoms. The van der Waals surface area contributed by atoms with Crippen molar-refractivity contribution in [2.24, 2.45) is 0 Å². The Morgan fingerprint density at radius 2 is 0.818 bits per heavy atom. The first-order valence-corrected chi connectivity index (χ1v) is 3.63. The summed E-state index contributed by atoms with van der Waals surface area (Å²) in [5, 5.41) is 0. The summed E-state index contributed by atoms with van der Waals surface area (Å²) in [4.78, 5) is 0. The number of allylic oxidation sites excluding steroid dienone is 8. The quantitative estimate of drug-likeness (QED) is 0.603. The van der Waals surface area contributed by atoms with Crippen LogP contribution in [0.15, 0.2) is 48.6 Å². The van der Waals surface area contributed by atoms with Gasteiger partial charge in [-0.1, -0.05) is 48.6 Å². The van der Waals surface area contributed by atoms with E-state index in [4.69, 9.17) is 0 Å². The summed E-state index contributed by atoms with van der Waals surface area (Å²) < 4.78 is 0. The van der Waals surface area contributed by atoms with Crippen LogP contribution in [0.1, 0.15) is 12.8 Å². The van der Waals surface area contributed by atoms with Crippen molar-refractivity contribution in [1.29, 1.82) is 0 Å². The maximum atomic E-state index is 2.12. The maximum Gasteiger partial charge on any atom is 0 e. The van der Waals surface area contributed by atoms with Gasteiger partial charge in [0, 0.05) is 25.8 Å². The normalized spacial score (nSPS) is 16.0. The Labute approximate surface area is 87.2 Å². The standard InChI is InChI=1S/2C5H6.Hf/c2*1-2-4-5-3-1;/h2*1-4H,5H2;. The summed E-state index contributed by atoms with van der Waals surface area (Å²) in [5.41, 5.74) is 0. The summed E-state index contributed by atoms with van der Waals surface area (Å²) in [6, 6.07) is 0. The van der Waals surface area contributed by atoms with E-state index in [0.717, 1.165) is 12.8 Å². The first-order valence-electron chi connectivity index (χ1n) is 3.63. The van der Waals surface area contributed by atoms with E-state index in [0.29, 0.717) is 0 Å². The molecule has 0 aromatic rings. The van der Waals surface area contributed by atoms with Gasteiger partial charge in [0.05, 0.1) is 0 Å². The molecule has 0 aromatic heterocycles. The fourth-order valence-corrected chi connectivity index (χ4v) is 0.786. The Bertz CT molecular complexity index is 143. The molecule has 0 fully saturated rings. The minimum absolute atomic E-state index is 0. The van der Waals surface area contributed by atoms with Gasteiger partial charge in [-0.25, -0.2) is 0 Å². The molecular formula is C10H12Hf. The third-order valence-corrected chi connectivity index (χ3v) is 1.31. The summed E-state index contributed by atoms with van der Waals surface area (Å²) in [6.45, 7) is 0. The first-order chi connectivity index (χ1) is 5.00.